The van der Waals surface area contributed by atoms with E-state index in [0.717, 1.165) is 16.6 Å². The van der Waals surface area contributed by atoms with Gasteiger partial charge >= 0.3 is 5.97 Å². The van der Waals surface area contributed by atoms with E-state index in [4.69, 9.17) is 10.8 Å². The van der Waals surface area contributed by atoms with Crippen molar-refractivity contribution >= 4 is 33.9 Å². The van der Waals surface area contributed by atoms with E-state index < -0.39 is 5.97 Å². The first-order chi connectivity index (χ1) is 10.1. The van der Waals surface area contributed by atoms with Crippen molar-refractivity contribution in [3.05, 3.63) is 60.3 Å². The number of pyridine rings is 1. The zero-order valence-corrected chi connectivity index (χ0v) is 11.1. The molecule has 5 heteroatoms. The molecule has 1 heterocycles. The molecule has 0 saturated carbocycles. The van der Waals surface area contributed by atoms with Crippen LogP contribution < -0.4 is 11.1 Å². The van der Waals surface area contributed by atoms with Crippen LogP contribution in [0.4, 0.5) is 17.1 Å². The van der Waals surface area contributed by atoms with Crippen molar-refractivity contribution in [1.82, 2.24) is 4.98 Å². The average molecular weight is 279 g/mol. The number of nitrogens with one attached hydrogen (secondary N) is 1. The molecule has 0 aliphatic carbocycles. The van der Waals surface area contributed by atoms with Crippen LogP contribution in [-0.4, -0.2) is 16.1 Å². The molecule has 4 N–H and O–H groups in total. The molecular weight excluding hydrogens is 266 g/mol. The van der Waals surface area contributed by atoms with Gasteiger partial charge in [0.25, 0.3) is 0 Å². The number of aromatic carboxylic acids is 1. The van der Waals surface area contributed by atoms with Gasteiger partial charge in [0.15, 0.2) is 0 Å². The van der Waals surface area contributed by atoms with Crippen LogP contribution >= 0.6 is 0 Å². The van der Waals surface area contributed by atoms with Crippen molar-refractivity contribution in [3.8, 4) is 0 Å². The lowest BCUT2D eigenvalue weighted by Gasteiger charge is -2.12. The number of hydrogen-bond acceptors (Lipinski definition) is 4. The fourth-order valence-corrected chi connectivity index (χ4v) is 2.17. The molecule has 0 atom stereocenters. The van der Waals surface area contributed by atoms with E-state index in [9.17, 15) is 4.79 Å². The highest BCUT2D eigenvalue weighted by Crippen LogP contribution is 2.28. The van der Waals surface area contributed by atoms with Crippen molar-refractivity contribution < 1.29 is 9.90 Å². The first-order valence-electron chi connectivity index (χ1n) is 6.39. The maximum Gasteiger partial charge on any atom is 0.335 e. The zero-order chi connectivity index (χ0) is 14.8. The molecule has 0 aliphatic heterocycles. The number of aromatic nitrogens is 1. The summed E-state index contributed by atoms with van der Waals surface area (Å²) in [5.74, 6) is -0.998. The number of carboxylic acid groups (broad SMARTS) is 1. The van der Waals surface area contributed by atoms with Crippen molar-refractivity contribution in [2.45, 2.75) is 0 Å². The lowest BCUT2D eigenvalue weighted by Crippen LogP contribution is -2.01. The van der Waals surface area contributed by atoms with Crippen LogP contribution in [0.15, 0.2) is 54.7 Å². The minimum absolute atomic E-state index is 0.164. The highest BCUT2D eigenvalue weighted by molar-refractivity contribution is 5.95. The molecule has 0 bridgehead atoms. The second-order valence-electron chi connectivity index (χ2n) is 4.61. The zero-order valence-electron chi connectivity index (χ0n) is 11.1. The largest absolute Gasteiger partial charge is 0.478 e. The lowest BCUT2D eigenvalue weighted by molar-refractivity contribution is 0.0697. The van der Waals surface area contributed by atoms with Crippen LogP contribution in [0.25, 0.3) is 10.9 Å². The molecule has 0 aliphatic rings. The Labute approximate surface area is 121 Å². The molecule has 0 radical (unpaired) electrons. The lowest BCUT2D eigenvalue weighted by atomic mass is 10.1. The van der Waals surface area contributed by atoms with E-state index in [-0.39, 0.29) is 5.56 Å². The van der Waals surface area contributed by atoms with E-state index in [1.165, 1.54) is 12.1 Å². The fourth-order valence-electron chi connectivity index (χ4n) is 2.17. The first-order valence-corrected chi connectivity index (χ1v) is 6.39. The number of carbonyl (C=O) groups is 1. The highest BCUT2D eigenvalue weighted by atomic mass is 16.4. The van der Waals surface area contributed by atoms with Crippen molar-refractivity contribution in [2.75, 3.05) is 11.1 Å². The molecule has 21 heavy (non-hydrogen) atoms. The summed E-state index contributed by atoms with van der Waals surface area (Å²) in [5.41, 5.74) is 8.87. The predicted molar refractivity (Wildman–Crippen MR) is 82.8 cm³/mol. The summed E-state index contributed by atoms with van der Waals surface area (Å²) in [6.45, 7) is 0. The molecule has 3 rings (SSSR count). The number of benzene rings is 2. The van der Waals surface area contributed by atoms with Crippen molar-refractivity contribution in [2.24, 2.45) is 0 Å². The Bertz CT molecular complexity index is 825. The van der Waals surface area contributed by atoms with Gasteiger partial charge in [-0.05, 0) is 42.5 Å². The summed E-state index contributed by atoms with van der Waals surface area (Å²) in [4.78, 5) is 15.2. The number of fused-ring (bicyclic) bond motifs is 1. The Morgan fingerprint density at radius 1 is 1.10 bits per heavy atom. The molecule has 3 aromatic rings. The Morgan fingerprint density at radius 2 is 1.95 bits per heavy atom. The highest BCUT2D eigenvalue weighted by Gasteiger charge is 2.08. The number of rotatable bonds is 3. The Kier molecular flexibility index (Phi) is 3.16. The summed E-state index contributed by atoms with van der Waals surface area (Å²) < 4.78 is 0. The third-order valence-electron chi connectivity index (χ3n) is 3.21. The number of carboxylic acids is 1. The first kappa shape index (κ1) is 12.9. The van der Waals surface area contributed by atoms with Gasteiger partial charge in [0.1, 0.15) is 0 Å². The van der Waals surface area contributed by atoms with Gasteiger partial charge in [-0.15, -0.1) is 0 Å². The molecule has 1 aromatic heterocycles. The van der Waals surface area contributed by atoms with Gasteiger partial charge in [0.05, 0.1) is 22.5 Å². The van der Waals surface area contributed by atoms with E-state index in [1.807, 2.05) is 30.3 Å². The molecular formula is C16H13N3O2. The van der Waals surface area contributed by atoms with Gasteiger partial charge in [0, 0.05) is 17.3 Å². The van der Waals surface area contributed by atoms with Crippen molar-refractivity contribution in [3.63, 3.8) is 0 Å². The van der Waals surface area contributed by atoms with Crippen LogP contribution in [0.5, 0.6) is 0 Å². The van der Waals surface area contributed by atoms with Crippen LogP contribution in [0, 0.1) is 0 Å². The van der Waals surface area contributed by atoms with E-state index >= 15 is 0 Å². The average Bonchev–Trinajstić information content (AvgIpc) is 2.49. The molecule has 0 fully saturated rings. The monoisotopic (exact) mass is 279 g/mol. The van der Waals surface area contributed by atoms with Crippen LogP contribution in [0.3, 0.4) is 0 Å². The quantitative estimate of drug-likeness (QED) is 0.640. The summed E-state index contributed by atoms with van der Waals surface area (Å²) >= 11 is 0. The Balaban J connectivity index is 2.01. The summed E-state index contributed by atoms with van der Waals surface area (Å²) in [6.07, 6.45) is 1.74. The van der Waals surface area contributed by atoms with Crippen LogP contribution in [0.2, 0.25) is 0 Å². The summed E-state index contributed by atoms with van der Waals surface area (Å²) in [7, 11) is 0. The van der Waals surface area contributed by atoms with Gasteiger partial charge < -0.3 is 16.2 Å². The molecule has 2 aromatic carbocycles. The Morgan fingerprint density at radius 3 is 2.71 bits per heavy atom. The molecule has 104 valence electrons. The molecule has 0 unspecified atom stereocenters. The number of nitrogen functional groups attached to an aromatic ring is 1. The van der Waals surface area contributed by atoms with E-state index in [2.05, 4.69) is 10.3 Å². The third-order valence-corrected chi connectivity index (χ3v) is 3.21. The SMILES string of the molecule is Nc1cc(C(=O)O)ccc1Nc1cccc2ncccc12. The second-order valence-corrected chi connectivity index (χ2v) is 4.61. The fraction of sp³-hybridized carbons (Fsp3) is 0. The van der Waals surface area contributed by atoms with Gasteiger partial charge in [-0.25, -0.2) is 4.79 Å². The minimum atomic E-state index is -0.998. The number of hydrogen-bond donors (Lipinski definition) is 3. The third kappa shape index (κ3) is 2.49. The van der Waals surface area contributed by atoms with Gasteiger partial charge in [0.2, 0.25) is 0 Å². The second kappa shape index (κ2) is 5.13. The molecule has 0 spiro atoms. The molecule has 0 saturated heterocycles. The summed E-state index contributed by atoms with van der Waals surface area (Å²) in [6, 6.07) is 14.2. The molecule has 0 amide bonds. The molecule has 5 nitrogen and oxygen atoms in total. The number of nitrogens with two attached hydrogens (primary N) is 1. The van der Waals surface area contributed by atoms with Crippen LogP contribution in [0.1, 0.15) is 10.4 Å². The van der Waals surface area contributed by atoms with E-state index in [1.54, 1.807) is 12.3 Å². The minimum Gasteiger partial charge on any atom is -0.478 e. The van der Waals surface area contributed by atoms with Gasteiger partial charge in [-0.1, -0.05) is 6.07 Å². The summed E-state index contributed by atoms with van der Waals surface area (Å²) in [5, 5.41) is 13.1. The predicted octanol–water partition coefficient (Wildman–Crippen LogP) is 3.26. The smallest absolute Gasteiger partial charge is 0.335 e. The maximum absolute atomic E-state index is 10.9. The van der Waals surface area contributed by atoms with E-state index in [0.29, 0.717) is 11.4 Å². The van der Waals surface area contributed by atoms with Crippen molar-refractivity contribution in [1.29, 1.82) is 0 Å². The van der Waals surface area contributed by atoms with Crippen LogP contribution in [-0.2, 0) is 0 Å². The number of anilines is 3. The maximum atomic E-state index is 10.9. The topological polar surface area (TPSA) is 88.2 Å². The van der Waals surface area contributed by atoms with Gasteiger partial charge in [-0.3, -0.25) is 4.98 Å². The number of nitrogens with zero attached hydrogens (tertiary/aromatic N) is 1. The standard InChI is InChI=1S/C16H13N3O2/c17-12-9-10(16(20)21)6-7-15(12)19-14-5-1-4-13-11(14)3-2-8-18-13/h1-9,19H,17H2,(H,20,21). The van der Waals surface area contributed by atoms with Gasteiger partial charge in [-0.2, -0.15) is 0 Å². The Hall–Kier alpha value is -3.08. The normalized spacial score (nSPS) is 10.5.